The van der Waals surface area contributed by atoms with Crippen LogP contribution in [-0.4, -0.2) is 30.0 Å². The fourth-order valence-corrected chi connectivity index (χ4v) is 5.97. The predicted octanol–water partition coefficient (Wildman–Crippen LogP) is 8.55. The maximum Gasteiger partial charge on any atom is 0.341 e. The van der Waals surface area contributed by atoms with Gasteiger partial charge >= 0.3 is 5.97 Å². The Bertz CT molecular complexity index is 1690. The van der Waals surface area contributed by atoms with Crippen molar-refractivity contribution in [3.8, 4) is 28.0 Å². The van der Waals surface area contributed by atoms with E-state index in [1.165, 1.54) is 0 Å². The maximum absolute atomic E-state index is 10.9. The molecule has 0 spiro atoms. The fraction of sp³-hybridized carbons (Fsp3) is 0.132. The summed E-state index contributed by atoms with van der Waals surface area (Å²) in [6.45, 7) is 4.06. The first-order valence-corrected chi connectivity index (χ1v) is 15.7. The van der Waals surface area contributed by atoms with Crippen molar-refractivity contribution in [2.45, 2.75) is 18.7 Å². The molecule has 0 radical (unpaired) electrons. The van der Waals surface area contributed by atoms with E-state index in [4.69, 9.17) is 26.0 Å². The van der Waals surface area contributed by atoms with Crippen molar-refractivity contribution >= 4 is 34.7 Å². The number of thioether (sulfide) groups is 1. The molecule has 5 N–H and O–H groups in total. The Hall–Kier alpha value is -5.14. The minimum atomic E-state index is -1.00. The van der Waals surface area contributed by atoms with E-state index in [0.29, 0.717) is 18.1 Å². The number of ether oxygens (including phenoxy) is 2. The van der Waals surface area contributed by atoms with E-state index in [1.54, 1.807) is 11.8 Å². The van der Waals surface area contributed by atoms with Crippen molar-refractivity contribution in [1.82, 2.24) is 0 Å². The number of anilines is 2. The standard InChI is InChI=1S/C38H36N2O4S/c1-3-43-36(24-45-34-20-21-35(25(2)22-34)44-23-37(41)42)38(30-8-4-26(5-9-30)28-12-16-32(39)17-13-28)31-10-6-27(7-11-31)29-14-18-33(40)19-15-29/h4-22H,3,23-24,39-40H2,1-2H3,(H,41,42). The molecule has 5 rings (SSSR count). The summed E-state index contributed by atoms with van der Waals surface area (Å²) < 4.78 is 11.8. The molecule has 0 aliphatic carbocycles. The highest BCUT2D eigenvalue weighted by atomic mass is 32.2. The van der Waals surface area contributed by atoms with Gasteiger partial charge in [0.1, 0.15) is 11.5 Å². The molecule has 0 atom stereocenters. The Morgan fingerprint density at radius 1 is 0.711 bits per heavy atom. The number of aryl methyl sites for hydroxylation is 1. The van der Waals surface area contributed by atoms with Crippen molar-refractivity contribution < 1.29 is 19.4 Å². The number of benzene rings is 5. The molecule has 0 saturated heterocycles. The highest BCUT2D eigenvalue weighted by Gasteiger charge is 2.16. The third-order valence-corrected chi connectivity index (χ3v) is 8.29. The molecular weight excluding hydrogens is 580 g/mol. The van der Waals surface area contributed by atoms with E-state index in [9.17, 15) is 4.79 Å². The van der Waals surface area contributed by atoms with Gasteiger partial charge < -0.3 is 26.0 Å². The summed E-state index contributed by atoms with van der Waals surface area (Å²) in [4.78, 5) is 12.0. The summed E-state index contributed by atoms with van der Waals surface area (Å²) in [6.07, 6.45) is 0. The Kier molecular flexibility index (Phi) is 10.1. The van der Waals surface area contributed by atoms with Gasteiger partial charge in [0.05, 0.1) is 12.4 Å². The summed E-state index contributed by atoms with van der Waals surface area (Å²) in [5.41, 5.74) is 21.7. The number of nitrogens with two attached hydrogens (primary N) is 2. The number of rotatable bonds is 12. The molecule has 0 heterocycles. The molecule has 0 aliphatic rings. The quantitative estimate of drug-likeness (QED) is 0.0732. The lowest BCUT2D eigenvalue weighted by Crippen LogP contribution is -2.10. The number of carboxylic acids is 1. The van der Waals surface area contributed by atoms with Crippen LogP contribution in [0.25, 0.3) is 27.8 Å². The normalized spacial score (nSPS) is 10.7. The lowest BCUT2D eigenvalue weighted by molar-refractivity contribution is -0.139. The van der Waals surface area contributed by atoms with Gasteiger partial charge in [0.15, 0.2) is 6.61 Å². The zero-order chi connectivity index (χ0) is 31.8. The van der Waals surface area contributed by atoms with E-state index in [2.05, 4.69) is 48.5 Å². The molecule has 0 amide bonds. The van der Waals surface area contributed by atoms with Gasteiger partial charge in [-0.3, -0.25) is 0 Å². The summed E-state index contributed by atoms with van der Waals surface area (Å²) in [5.74, 6) is 1.02. The lowest BCUT2D eigenvalue weighted by Gasteiger charge is -2.18. The highest BCUT2D eigenvalue weighted by molar-refractivity contribution is 7.99. The van der Waals surface area contributed by atoms with E-state index < -0.39 is 5.97 Å². The first-order chi connectivity index (χ1) is 21.8. The number of carbonyl (C=O) groups is 1. The van der Waals surface area contributed by atoms with Crippen LogP contribution in [0, 0.1) is 6.92 Å². The average molecular weight is 617 g/mol. The molecular formula is C38H36N2O4S. The van der Waals surface area contributed by atoms with Crippen molar-refractivity contribution in [3.63, 3.8) is 0 Å². The molecule has 0 aromatic heterocycles. The third kappa shape index (κ3) is 8.08. The third-order valence-electron chi connectivity index (χ3n) is 7.30. The Labute approximate surface area is 268 Å². The van der Waals surface area contributed by atoms with Gasteiger partial charge in [0.2, 0.25) is 0 Å². The van der Waals surface area contributed by atoms with Gasteiger partial charge in [-0.2, -0.15) is 0 Å². The van der Waals surface area contributed by atoms with Gasteiger partial charge in [-0.05, 0) is 95.3 Å². The number of hydrogen-bond acceptors (Lipinski definition) is 6. The molecule has 7 heteroatoms. The summed E-state index contributed by atoms with van der Waals surface area (Å²) in [7, 11) is 0. The smallest absolute Gasteiger partial charge is 0.341 e. The van der Waals surface area contributed by atoms with Crippen molar-refractivity contribution in [3.05, 3.63) is 138 Å². The first kappa shape index (κ1) is 31.3. The zero-order valence-electron chi connectivity index (χ0n) is 25.3. The molecule has 0 saturated carbocycles. The van der Waals surface area contributed by atoms with Crippen LogP contribution in [0.15, 0.2) is 126 Å². The van der Waals surface area contributed by atoms with Crippen LogP contribution in [0.1, 0.15) is 23.6 Å². The Morgan fingerprint density at radius 3 is 1.60 bits per heavy atom. The van der Waals surface area contributed by atoms with E-state index in [0.717, 1.165) is 66.5 Å². The SMILES string of the molecule is CCOC(CSc1ccc(OCC(=O)O)c(C)c1)=C(c1ccc(-c2ccc(N)cc2)cc1)c1ccc(-c2ccc(N)cc2)cc1. The second-order valence-electron chi connectivity index (χ2n) is 10.5. The van der Waals surface area contributed by atoms with Crippen LogP contribution < -0.4 is 16.2 Å². The van der Waals surface area contributed by atoms with E-state index in [1.807, 2.05) is 80.6 Å². The van der Waals surface area contributed by atoms with Crippen molar-refractivity contribution in [2.75, 3.05) is 30.4 Å². The molecule has 0 aliphatic heterocycles. The highest BCUT2D eigenvalue weighted by Crippen LogP contribution is 2.35. The van der Waals surface area contributed by atoms with Gasteiger partial charge in [-0.25, -0.2) is 4.79 Å². The monoisotopic (exact) mass is 616 g/mol. The number of hydrogen-bond donors (Lipinski definition) is 3. The van der Waals surface area contributed by atoms with Gasteiger partial charge in [0, 0.05) is 21.8 Å². The topological polar surface area (TPSA) is 108 Å². The molecule has 5 aromatic rings. The van der Waals surface area contributed by atoms with Crippen LogP contribution in [0.3, 0.4) is 0 Å². The summed E-state index contributed by atoms with van der Waals surface area (Å²) in [6, 6.07) is 38.6. The first-order valence-electron chi connectivity index (χ1n) is 14.7. The number of carboxylic acid groups (broad SMARTS) is 1. The van der Waals surface area contributed by atoms with Crippen LogP contribution in [0.5, 0.6) is 5.75 Å². The second-order valence-corrected chi connectivity index (χ2v) is 11.6. The van der Waals surface area contributed by atoms with Crippen LogP contribution in [0.2, 0.25) is 0 Å². The largest absolute Gasteiger partial charge is 0.497 e. The molecule has 6 nitrogen and oxygen atoms in total. The predicted molar refractivity (Wildman–Crippen MR) is 185 cm³/mol. The molecule has 0 unspecified atom stereocenters. The van der Waals surface area contributed by atoms with Crippen LogP contribution >= 0.6 is 11.8 Å². The summed E-state index contributed by atoms with van der Waals surface area (Å²) >= 11 is 1.66. The van der Waals surface area contributed by atoms with Gasteiger partial charge in [-0.1, -0.05) is 72.8 Å². The average Bonchev–Trinajstić information content (AvgIpc) is 3.05. The van der Waals surface area contributed by atoms with Crippen molar-refractivity contribution in [2.24, 2.45) is 0 Å². The van der Waals surface area contributed by atoms with Crippen LogP contribution in [0.4, 0.5) is 11.4 Å². The van der Waals surface area contributed by atoms with Crippen molar-refractivity contribution in [1.29, 1.82) is 0 Å². The Morgan fingerprint density at radius 2 is 1.18 bits per heavy atom. The van der Waals surface area contributed by atoms with Crippen LogP contribution in [-0.2, 0) is 9.53 Å². The minimum Gasteiger partial charge on any atom is -0.497 e. The molecule has 0 bridgehead atoms. The number of aliphatic carboxylic acids is 1. The number of nitrogen functional groups attached to an aromatic ring is 2. The summed E-state index contributed by atoms with van der Waals surface area (Å²) in [5, 5.41) is 8.96. The maximum atomic E-state index is 10.9. The fourth-order valence-electron chi connectivity index (χ4n) is 5.02. The molecule has 5 aromatic carbocycles. The van der Waals surface area contributed by atoms with E-state index >= 15 is 0 Å². The lowest BCUT2D eigenvalue weighted by atomic mass is 9.93. The molecule has 228 valence electrons. The van der Waals surface area contributed by atoms with E-state index in [-0.39, 0.29) is 6.61 Å². The minimum absolute atomic E-state index is 0.373. The zero-order valence-corrected chi connectivity index (χ0v) is 26.1. The molecule has 45 heavy (non-hydrogen) atoms. The Balaban J connectivity index is 1.50. The van der Waals surface area contributed by atoms with Gasteiger partial charge in [-0.15, -0.1) is 11.8 Å². The van der Waals surface area contributed by atoms with Gasteiger partial charge in [0.25, 0.3) is 0 Å². The second kappa shape index (κ2) is 14.6. The molecule has 0 fully saturated rings.